The predicted molar refractivity (Wildman–Crippen MR) is 497 cm³/mol. The molecule has 20 aromatic rings. The highest BCUT2D eigenvalue weighted by Gasteiger charge is 2.48. The van der Waals surface area contributed by atoms with Gasteiger partial charge in [0.1, 0.15) is 22.3 Å². The van der Waals surface area contributed by atoms with E-state index in [1.165, 1.54) is 111 Å². The molecule has 0 saturated carbocycles. The van der Waals surface area contributed by atoms with Crippen LogP contribution in [0.3, 0.4) is 0 Å². The van der Waals surface area contributed by atoms with E-state index in [0.29, 0.717) is 0 Å². The molecule has 0 aliphatic heterocycles. The van der Waals surface area contributed by atoms with E-state index >= 15 is 0 Å². The number of rotatable bonds is 12. The van der Waals surface area contributed by atoms with Crippen molar-refractivity contribution in [3.63, 3.8) is 0 Å². The highest BCUT2D eigenvalue weighted by molar-refractivity contribution is 6.11. The minimum Gasteiger partial charge on any atom is -0.456 e. The van der Waals surface area contributed by atoms with Crippen LogP contribution in [0.2, 0.25) is 0 Å². The molecule has 0 radical (unpaired) electrons. The highest BCUT2D eigenvalue weighted by atomic mass is 16.3. The highest BCUT2D eigenvalue weighted by Crippen LogP contribution is 2.60. The van der Waals surface area contributed by atoms with E-state index in [4.69, 9.17) is 8.83 Å². The summed E-state index contributed by atoms with van der Waals surface area (Å²) >= 11 is 0. The smallest absolute Gasteiger partial charge is 0.143 e. The average molecular weight is 1540 g/mol. The van der Waals surface area contributed by atoms with Gasteiger partial charge in [-0.1, -0.05) is 349 Å². The van der Waals surface area contributed by atoms with Crippen LogP contribution < -0.4 is 9.80 Å². The molecule has 0 bridgehead atoms. The molecule has 568 valence electrons. The maximum Gasteiger partial charge on any atom is 0.143 e. The third-order valence-corrected chi connectivity index (χ3v) is 26.7. The summed E-state index contributed by atoms with van der Waals surface area (Å²) < 4.78 is 13.7. The first-order valence-corrected chi connectivity index (χ1v) is 41.8. The molecule has 0 saturated heterocycles. The van der Waals surface area contributed by atoms with Crippen LogP contribution in [-0.4, -0.2) is 0 Å². The molecule has 0 atom stereocenters. The zero-order valence-corrected chi connectivity index (χ0v) is 67.1. The first-order chi connectivity index (χ1) is 59.0. The van der Waals surface area contributed by atoms with Gasteiger partial charge in [0.05, 0.1) is 10.8 Å². The summed E-state index contributed by atoms with van der Waals surface area (Å²) in [5.41, 5.74) is 39.7. The Morgan fingerprint density at radius 2 is 0.500 bits per heavy atom. The Kier molecular flexibility index (Phi) is 16.1. The number of benzene rings is 18. The zero-order chi connectivity index (χ0) is 80.0. The van der Waals surface area contributed by atoms with Crippen LogP contribution in [0.25, 0.3) is 111 Å². The molecule has 4 aliphatic rings. The molecule has 4 heteroatoms. The topological polar surface area (TPSA) is 32.8 Å². The van der Waals surface area contributed by atoms with Gasteiger partial charge in [0.2, 0.25) is 0 Å². The van der Waals surface area contributed by atoms with Crippen LogP contribution >= 0.6 is 0 Å². The van der Waals surface area contributed by atoms with E-state index in [0.717, 1.165) is 100 Å². The maximum absolute atomic E-state index is 6.94. The predicted octanol–water partition coefficient (Wildman–Crippen LogP) is 30.8. The molecule has 0 amide bonds. The standard InChI is InChI=1S/2C58H41NO/c1-57(2)51-25-12-9-22-45(51)48-32-29-43(36-54(48)57)59(42-20-7-4-8-21-42)44-30-33-50-49-31-28-39(35-55(49)60-56(50)37-44)38-16-15-19-41(34-38)58(40-17-5-3-6-18-40)52-26-13-10-23-46(52)47-24-11-14-27-53(47)58;1-57(2)51-25-12-9-20-45(51)48-34-32-42(36-54(48)57)59(41-18-7-4-8-19-41)43-33-35-49-50-24-15-23-44(56(50)60-55(49)37-43)38-28-30-40(31-29-38)58(39-16-5-3-6-17-39)52-26-13-10-21-46(52)47-22-11-14-27-53(47)58/h2*3-37H,1-2H3. The van der Waals surface area contributed by atoms with E-state index in [9.17, 15) is 0 Å². The minimum absolute atomic E-state index is 0.0988. The molecular weight excluding hydrogens is 1450 g/mol. The van der Waals surface area contributed by atoms with Gasteiger partial charge in [0, 0.05) is 84.2 Å². The maximum atomic E-state index is 6.94. The fraction of sp³-hybridized carbons (Fsp3) is 0.0690. The van der Waals surface area contributed by atoms with Crippen molar-refractivity contribution in [1.29, 1.82) is 0 Å². The lowest BCUT2D eigenvalue weighted by atomic mass is 9.67. The van der Waals surface area contributed by atoms with Crippen LogP contribution in [0.4, 0.5) is 34.1 Å². The third kappa shape index (κ3) is 10.6. The van der Waals surface area contributed by atoms with Crippen LogP contribution in [0.5, 0.6) is 0 Å². The van der Waals surface area contributed by atoms with Gasteiger partial charge in [-0.05, 0) is 219 Å². The van der Waals surface area contributed by atoms with Crippen LogP contribution in [0, 0.1) is 0 Å². The van der Waals surface area contributed by atoms with Crippen molar-refractivity contribution in [1.82, 2.24) is 0 Å². The van der Waals surface area contributed by atoms with E-state index in [1.807, 2.05) is 0 Å². The summed E-state index contributed by atoms with van der Waals surface area (Å²) in [5, 5.41) is 4.43. The van der Waals surface area contributed by atoms with Crippen molar-refractivity contribution in [3.8, 4) is 66.8 Å². The van der Waals surface area contributed by atoms with Crippen LogP contribution in [-0.2, 0) is 21.7 Å². The Bertz CT molecular complexity index is 7380. The largest absolute Gasteiger partial charge is 0.456 e. The molecule has 24 rings (SSSR count). The van der Waals surface area contributed by atoms with Gasteiger partial charge in [-0.3, -0.25) is 0 Å². The number of fused-ring (bicyclic) bond motifs is 18. The molecule has 0 unspecified atom stereocenters. The lowest BCUT2D eigenvalue weighted by Crippen LogP contribution is -2.28. The monoisotopic (exact) mass is 1530 g/mol. The summed E-state index contributed by atoms with van der Waals surface area (Å²) in [5.74, 6) is 0. The fourth-order valence-corrected chi connectivity index (χ4v) is 21.2. The lowest BCUT2D eigenvalue weighted by molar-refractivity contribution is 0.660. The molecule has 0 N–H and O–H groups in total. The molecule has 4 aliphatic carbocycles. The van der Waals surface area contributed by atoms with Gasteiger partial charge in [0.15, 0.2) is 0 Å². The van der Waals surface area contributed by atoms with Crippen molar-refractivity contribution in [2.24, 2.45) is 0 Å². The molecule has 0 spiro atoms. The first kappa shape index (κ1) is 70.6. The first-order valence-electron chi connectivity index (χ1n) is 41.8. The minimum atomic E-state index is -0.451. The number of anilines is 6. The van der Waals surface area contributed by atoms with Crippen molar-refractivity contribution in [2.75, 3.05) is 9.80 Å². The van der Waals surface area contributed by atoms with Gasteiger partial charge in [-0.25, -0.2) is 0 Å². The van der Waals surface area contributed by atoms with Gasteiger partial charge in [-0.2, -0.15) is 0 Å². The Morgan fingerprint density at radius 3 is 0.975 bits per heavy atom. The van der Waals surface area contributed by atoms with Gasteiger partial charge in [0.25, 0.3) is 0 Å². The molecule has 2 aromatic heterocycles. The van der Waals surface area contributed by atoms with E-state index < -0.39 is 10.8 Å². The summed E-state index contributed by atoms with van der Waals surface area (Å²) in [6.07, 6.45) is 0. The molecule has 18 aromatic carbocycles. The van der Waals surface area contributed by atoms with Crippen molar-refractivity contribution in [2.45, 2.75) is 49.4 Å². The van der Waals surface area contributed by atoms with Crippen molar-refractivity contribution >= 4 is 78.0 Å². The third-order valence-electron chi connectivity index (χ3n) is 26.7. The fourth-order valence-electron chi connectivity index (χ4n) is 21.2. The molecule has 0 fully saturated rings. The number of para-hydroxylation sites is 3. The summed E-state index contributed by atoms with van der Waals surface area (Å²) in [6, 6.07) is 155. The summed E-state index contributed by atoms with van der Waals surface area (Å²) in [7, 11) is 0. The van der Waals surface area contributed by atoms with Gasteiger partial charge >= 0.3 is 0 Å². The quantitative estimate of drug-likeness (QED) is 0.122. The van der Waals surface area contributed by atoms with Crippen LogP contribution in [0.1, 0.15) is 94.5 Å². The SMILES string of the molecule is CC1(C)c2ccccc2-c2ccc(N(c3ccccc3)c3ccc4c(c3)oc3c(-c5ccc(C6(c7ccccc7)c7ccccc7-c7ccccc76)cc5)cccc34)cc21.CC1(C)c2ccccc2-c2ccc(N(c3ccccc3)c3ccc4c(c3)oc3cc(-c5cccc(C6(c7ccccc7)c7ccccc7-c7ccccc76)c5)ccc34)cc21. The Labute approximate surface area is 699 Å². The Hall–Kier alpha value is -14.8. The second kappa shape index (κ2) is 27.4. The van der Waals surface area contributed by atoms with Crippen molar-refractivity contribution in [3.05, 3.63) is 491 Å². The molecule has 2 heterocycles. The number of hydrogen-bond donors (Lipinski definition) is 0. The van der Waals surface area contributed by atoms with Gasteiger partial charge < -0.3 is 18.6 Å². The number of hydrogen-bond acceptors (Lipinski definition) is 4. The molecule has 120 heavy (non-hydrogen) atoms. The second-order valence-electron chi connectivity index (χ2n) is 33.7. The summed E-state index contributed by atoms with van der Waals surface area (Å²) in [6.45, 7) is 9.36. The Balaban J connectivity index is 0.000000140. The second-order valence-corrected chi connectivity index (χ2v) is 33.7. The van der Waals surface area contributed by atoms with Crippen molar-refractivity contribution < 1.29 is 8.83 Å². The van der Waals surface area contributed by atoms with Gasteiger partial charge in [-0.15, -0.1) is 0 Å². The number of furan rings is 2. The molecule has 4 nitrogen and oxygen atoms in total. The van der Waals surface area contributed by atoms with E-state index in [-0.39, 0.29) is 10.8 Å². The zero-order valence-electron chi connectivity index (χ0n) is 67.1. The van der Waals surface area contributed by atoms with E-state index in [1.54, 1.807) is 0 Å². The molecular formula is C116H82N2O2. The number of nitrogens with zero attached hydrogens (tertiary/aromatic N) is 2. The average Bonchev–Trinajstić information content (AvgIpc) is 1.54. The lowest BCUT2D eigenvalue weighted by Gasteiger charge is -2.34. The normalized spacial score (nSPS) is 14.1. The summed E-state index contributed by atoms with van der Waals surface area (Å²) in [4.78, 5) is 4.71. The Morgan fingerprint density at radius 1 is 0.183 bits per heavy atom. The van der Waals surface area contributed by atoms with E-state index in [2.05, 4.69) is 462 Å². The van der Waals surface area contributed by atoms with Crippen LogP contribution in [0.15, 0.2) is 433 Å².